The average molecular weight is 231 g/mol. The van der Waals surface area contributed by atoms with Crippen LogP contribution < -0.4 is 5.32 Å². The van der Waals surface area contributed by atoms with Gasteiger partial charge >= 0.3 is 0 Å². The van der Waals surface area contributed by atoms with Gasteiger partial charge < -0.3 is 10.1 Å². The lowest BCUT2D eigenvalue weighted by Crippen LogP contribution is -2.09. The summed E-state index contributed by atoms with van der Waals surface area (Å²) in [6, 6.07) is 4.50. The number of rotatable bonds is 5. The van der Waals surface area contributed by atoms with Crippen molar-refractivity contribution in [2.75, 3.05) is 25.6 Å². The summed E-state index contributed by atoms with van der Waals surface area (Å²) in [6.07, 6.45) is 0. The predicted molar refractivity (Wildman–Crippen MR) is 58.5 cm³/mol. The first-order chi connectivity index (χ1) is 7.15. The van der Waals surface area contributed by atoms with E-state index in [9.17, 15) is 10.1 Å². The molecule has 1 aromatic carbocycles. The van der Waals surface area contributed by atoms with E-state index in [0.29, 0.717) is 23.9 Å². The van der Waals surface area contributed by atoms with Crippen molar-refractivity contribution in [2.24, 2.45) is 0 Å². The van der Waals surface area contributed by atoms with Crippen LogP contribution in [0.3, 0.4) is 0 Å². The van der Waals surface area contributed by atoms with E-state index in [1.54, 1.807) is 19.2 Å². The van der Waals surface area contributed by atoms with Crippen LogP contribution in [0.4, 0.5) is 11.4 Å². The van der Waals surface area contributed by atoms with Crippen molar-refractivity contribution < 1.29 is 9.66 Å². The molecule has 0 bridgehead atoms. The van der Waals surface area contributed by atoms with E-state index in [1.807, 2.05) is 0 Å². The molecule has 1 N–H and O–H groups in total. The lowest BCUT2D eigenvalue weighted by molar-refractivity contribution is -0.383. The molecule has 0 aliphatic carbocycles. The average Bonchev–Trinajstić information content (AvgIpc) is 2.20. The molecule has 82 valence electrons. The van der Waals surface area contributed by atoms with Crippen LogP contribution in [0, 0.1) is 10.1 Å². The van der Waals surface area contributed by atoms with Crippen molar-refractivity contribution >= 4 is 23.0 Å². The minimum Gasteiger partial charge on any atom is -0.383 e. The highest BCUT2D eigenvalue weighted by Gasteiger charge is 2.13. The molecule has 0 spiro atoms. The van der Waals surface area contributed by atoms with E-state index in [0.717, 1.165) is 0 Å². The van der Waals surface area contributed by atoms with E-state index < -0.39 is 4.92 Å². The fourth-order valence-electron chi connectivity index (χ4n) is 1.09. The molecule has 1 rings (SSSR count). The highest BCUT2D eigenvalue weighted by molar-refractivity contribution is 6.30. The number of nitrogens with one attached hydrogen (secondary N) is 1. The summed E-state index contributed by atoms with van der Waals surface area (Å²) in [5, 5.41) is 13.9. The first-order valence-electron chi connectivity index (χ1n) is 4.32. The number of halogens is 1. The zero-order chi connectivity index (χ0) is 11.3. The molecule has 0 unspecified atom stereocenters. The van der Waals surface area contributed by atoms with Gasteiger partial charge in [-0.05, 0) is 12.1 Å². The van der Waals surface area contributed by atoms with Crippen LogP contribution in [-0.2, 0) is 4.74 Å². The van der Waals surface area contributed by atoms with E-state index in [-0.39, 0.29) is 5.69 Å². The summed E-state index contributed by atoms with van der Waals surface area (Å²) in [5.41, 5.74) is 0.417. The Balaban J connectivity index is 2.81. The second-order valence-electron chi connectivity index (χ2n) is 2.84. The Bertz CT molecular complexity index is 357. The Morgan fingerprint density at radius 3 is 2.93 bits per heavy atom. The van der Waals surface area contributed by atoms with Crippen molar-refractivity contribution in [3.63, 3.8) is 0 Å². The predicted octanol–water partition coefficient (Wildman–Crippen LogP) is 2.31. The number of nitro groups is 1. The largest absolute Gasteiger partial charge is 0.383 e. The minimum absolute atomic E-state index is 0.0291. The zero-order valence-electron chi connectivity index (χ0n) is 8.20. The van der Waals surface area contributed by atoms with Crippen LogP contribution in [0.5, 0.6) is 0 Å². The molecule has 0 heterocycles. The summed E-state index contributed by atoms with van der Waals surface area (Å²) < 4.78 is 4.83. The Morgan fingerprint density at radius 1 is 1.60 bits per heavy atom. The van der Waals surface area contributed by atoms with E-state index in [1.165, 1.54) is 6.07 Å². The van der Waals surface area contributed by atoms with Crippen LogP contribution in [0.1, 0.15) is 0 Å². The molecule has 0 atom stereocenters. The quantitative estimate of drug-likeness (QED) is 0.479. The van der Waals surface area contributed by atoms with Gasteiger partial charge in [0.05, 0.1) is 11.5 Å². The van der Waals surface area contributed by atoms with Crippen LogP contribution in [0.2, 0.25) is 5.02 Å². The van der Waals surface area contributed by atoms with Crippen molar-refractivity contribution in [2.45, 2.75) is 0 Å². The van der Waals surface area contributed by atoms with E-state index >= 15 is 0 Å². The maximum absolute atomic E-state index is 10.7. The number of methoxy groups -OCH3 is 1. The first-order valence-corrected chi connectivity index (χ1v) is 4.69. The van der Waals surface area contributed by atoms with Crippen molar-refractivity contribution in [3.05, 3.63) is 33.3 Å². The molecule has 0 aliphatic heterocycles. The van der Waals surface area contributed by atoms with Gasteiger partial charge in [0.15, 0.2) is 0 Å². The first kappa shape index (κ1) is 11.7. The summed E-state index contributed by atoms with van der Waals surface area (Å²) >= 11 is 5.67. The number of nitro benzene ring substituents is 1. The van der Waals surface area contributed by atoms with Gasteiger partial charge in [0.25, 0.3) is 5.69 Å². The van der Waals surface area contributed by atoms with E-state index in [4.69, 9.17) is 16.3 Å². The third-order valence-electron chi connectivity index (χ3n) is 1.78. The molecule has 0 fully saturated rings. The van der Waals surface area contributed by atoms with E-state index in [2.05, 4.69) is 5.32 Å². The zero-order valence-corrected chi connectivity index (χ0v) is 8.95. The molecule has 0 saturated heterocycles. The van der Waals surface area contributed by atoms with Gasteiger partial charge in [-0.2, -0.15) is 0 Å². The summed E-state index contributed by atoms with van der Waals surface area (Å²) in [7, 11) is 1.57. The topological polar surface area (TPSA) is 64.4 Å². The fourth-order valence-corrected chi connectivity index (χ4v) is 1.26. The normalized spacial score (nSPS) is 10.0. The van der Waals surface area contributed by atoms with Gasteiger partial charge in [-0.25, -0.2) is 0 Å². The number of anilines is 1. The van der Waals surface area contributed by atoms with Gasteiger partial charge in [0.1, 0.15) is 5.69 Å². The van der Waals surface area contributed by atoms with Gasteiger partial charge in [-0.3, -0.25) is 10.1 Å². The maximum Gasteiger partial charge on any atom is 0.293 e. The smallest absolute Gasteiger partial charge is 0.293 e. The van der Waals surface area contributed by atoms with Gasteiger partial charge in [0, 0.05) is 24.7 Å². The maximum atomic E-state index is 10.7. The molecule has 0 aromatic heterocycles. The Hall–Kier alpha value is -1.33. The fraction of sp³-hybridized carbons (Fsp3) is 0.333. The minimum atomic E-state index is -0.471. The molecule has 5 nitrogen and oxygen atoms in total. The van der Waals surface area contributed by atoms with Crippen molar-refractivity contribution in [3.8, 4) is 0 Å². The number of hydrogen-bond donors (Lipinski definition) is 1. The van der Waals surface area contributed by atoms with Crippen LogP contribution in [-0.4, -0.2) is 25.2 Å². The number of nitrogens with zero attached hydrogens (tertiary/aromatic N) is 1. The Kier molecular flexibility index (Phi) is 4.33. The highest BCUT2D eigenvalue weighted by atomic mass is 35.5. The molecular weight excluding hydrogens is 220 g/mol. The molecule has 6 heteroatoms. The number of hydrogen-bond acceptors (Lipinski definition) is 4. The SMILES string of the molecule is COCCNc1ccc(Cl)cc1[N+](=O)[O-]. The molecule has 15 heavy (non-hydrogen) atoms. The molecule has 0 saturated carbocycles. The second-order valence-corrected chi connectivity index (χ2v) is 3.27. The standard InChI is InChI=1S/C9H11ClN2O3/c1-15-5-4-11-8-3-2-7(10)6-9(8)12(13)14/h2-3,6,11H,4-5H2,1H3. The Morgan fingerprint density at radius 2 is 2.33 bits per heavy atom. The van der Waals surface area contributed by atoms with Crippen molar-refractivity contribution in [1.82, 2.24) is 0 Å². The summed E-state index contributed by atoms with van der Waals surface area (Å²) in [4.78, 5) is 10.2. The third-order valence-corrected chi connectivity index (χ3v) is 2.01. The summed E-state index contributed by atoms with van der Waals surface area (Å²) in [6.45, 7) is 0.999. The Labute approximate surface area is 92.1 Å². The van der Waals surface area contributed by atoms with Crippen LogP contribution in [0.25, 0.3) is 0 Å². The number of benzene rings is 1. The molecule has 0 radical (unpaired) electrons. The van der Waals surface area contributed by atoms with Gasteiger partial charge in [0.2, 0.25) is 0 Å². The summed E-state index contributed by atoms with van der Waals surface area (Å²) in [5.74, 6) is 0. The third kappa shape index (κ3) is 3.38. The van der Waals surface area contributed by atoms with Gasteiger partial charge in [-0.15, -0.1) is 0 Å². The molecular formula is C9H11ClN2O3. The molecule has 0 aliphatic rings. The van der Waals surface area contributed by atoms with Crippen LogP contribution >= 0.6 is 11.6 Å². The second kappa shape index (κ2) is 5.53. The monoisotopic (exact) mass is 230 g/mol. The number of ether oxygens (including phenoxy) is 1. The lowest BCUT2D eigenvalue weighted by Gasteiger charge is -2.06. The molecule has 1 aromatic rings. The lowest BCUT2D eigenvalue weighted by atomic mass is 10.2. The van der Waals surface area contributed by atoms with Crippen molar-refractivity contribution in [1.29, 1.82) is 0 Å². The highest BCUT2D eigenvalue weighted by Crippen LogP contribution is 2.27. The van der Waals surface area contributed by atoms with Gasteiger partial charge in [-0.1, -0.05) is 11.6 Å². The van der Waals surface area contributed by atoms with Crippen LogP contribution in [0.15, 0.2) is 18.2 Å². The molecule has 0 amide bonds.